The molecule has 2 rings (SSSR count). The molecule has 1 atom stereocenters. The Morgan fingerprint density at radius 1 is 1.07 bits per heavy atom. The molecule has 3 N–H and O–H groups in total. The van der Waals surface area contributed by atoms with Crippen molar-refractivity contribution >= 4 is 21.8 Å². The summed E-state index contributed by atoms with van der Waals surface area (Å²) < 4.78 is 26.2. The van der Waals surface area contributed by atoms with Crippen molar-refractivity contribution in [2.75, 3.05) is 14.1 Å². The van der Waals surface area contributed by atoms with Crippen LogP contribution in [0.5, 0.6) is 0 Å². The molecule has 7 nitrogen and oxygen atoms in total. The van der Waals surface area contributed by atoms with Crippen LogP contribution in [0, 0.1) is 13.8 Å². The first-order valence-corrected chi connectivity index (χ1v) is 9.68. The normalized spacial score (nSPS) is 12.6. The number of hydrogen-bond acceptors (Lipinski definition) is 4. The Hall–Kier alpha value is -2.71. The zero-order valence-electron chi connectivity index (χ0n) is 15.7. The van der Waals surface area contributed by atoms with Gasteiger partial charge in [0.2, 0.25) is 15.9 Å². The molecule has 0 radical (unpaired) electrons. The number of carbonyl (C=O) groups is 2. The number of primary amides is 1. The lowest BCUT2D eigenvalue weighted by atomic mass is 10.0. The van der Waals surface area contributed by atoms with Gasteiger partial charge in [-0.1, -0.05) is 30.3 Å². The molecule has 2 aromatic carbocycles. The SMILES string of the molecule is Cc1cc(C(=O)NC(C(N)=O)c2ccccc2)cc(S(=O)(=O)N(C)C)c1C. The molecular formula is C19H23N3O4S. The van der Waals surface area contributed by atoms with Crippen LogP contribution in [0.2, 0.25) is 0 Å². The number of aryl methyl sites for hydroxylation is 1. The predicted octanol–water partition coefficient (Wildman–Crippen LogP) is 1.51. The molecule has 2 aromatic rings. The summed E-state index contributed by atoms with van der Waals surface area (Å²) in [4.78, 5) is 24.6. The molecule has 27 heavy (non-hydrogen) atoms. The quantitative estimate of drug-likeness (QED) is 0.780. The largest absolute Gasteiger partial charge is 0.368 e. The van der Waals surface area contributed by atoms with E-state index in [0.717, 1.165) is 4.31 Å². The Labute approximate surface area is 159 Å². The second-order valence-electron chi connectivity index (χ2n) is 6.42. The fourth-order valence-corrected chi connectivity index (χ4v) is 3.82. The average molecular weight is 389 g/mol. The van der Waals surface area contributed by atoms with E-state index in [4.69, 9.17) is 5.73 Å². The highest BCUT2D eigenvalue weighted by molar-refractivity contribution is 7.89. The van der Waals surface area contributed by atoms with Crippen LogP contribution < -0.4 is 11.1 Å². The Balaban J connectivity index is 2.44. The van der Waals surface area contributed by atoms with Gasteiger partial charge in [0, 0.05) is 19.7 Å². The second-order valence-corrected chi connectivity index (χ2v) is 8.54. The first-order chi connectivity index (χ1) is 12.6. The lowest BCUT2D eigenvalue weighted by Crippen LogP contribution is -2.37. The molecule has 0 aliphatic rings. The van der Waals surface area contributed by atoms with Gasteiger partial charge in [-0.3, -0.25) is 9.59 Å². The summed E-state index contributed by atoms with van der Waals surface area (Å²) in [5, 5.41) is 2.58. The van der Waals surface area contributed by atoms with Gasteiger partial charge in [-0.2, -0.15) is 0 Å². The van der Waals surface area contributed by atoms with E-state index in [1.165, 1.54) is 20.2 Å². The smallest absolute Gasteiger partial charge is 0.252 e. The van der Waals surface area contributed by atoms with Gasteiger partial charge in [0.05, 0.1) is 4.90 Å². The fourth-order valence-electron chi connectivity index (χ4n) is 2.60. The molecule has 0 fully saturated rings. The molecule has 8 heteroatoms. The molecule has 1 unspecified atom stereocenters. The number of benzene rings is 2. The van der Waals surface area contributed by atoms with Crippen LogP contribution in [0.1, 0.15) is 33.1 Å². The highest BCUT2D eigenvalue weighted by Crippen LogP contribution is 2.24. The number of nitrogens with two attached hydrogens (primary N) is 1. The standard InChI is InChI=1S/C19H23N3O4S/c1-12-10-15(11-16(13(12)2)27(25,26)22(3)4)19(24)21-17(18(20)23)14-8-6-5-7-9-14/h5-11,17H,1-4H3,(H2,20,23)(H,21,24). The van der Waals surface area contributed by atoms with Gasteiger partial charge in [0.1, 0.15) is 6.04 Å². The van der Waals surface area contributed by atoms with Crippen molar-refractivity contribution in [1.82, 2.24) is 9.62 Å². The van der Waals surface area contributed by atoms with Crippen LogP contribution in [0.4, 0.5) is 0 Å². The topological polar surface area (TPSA) is 110 Å². The minimum Gasteiger partial charge on any atom is -0.368 e. The highest BCUT2D eigenvalue weighted by atomic mass is 32.2. The van der Waals surface area contributed by atoms with Crippen molar-refractivity contribution in [3.05, 3.63) is 64.7 Å². The lowest BCUT2D eigenvalue weighted by Gasteiger charge is -2.19. The van der Waals surface area contributed by atoms with Crippen molar-refractivity contribution in [1.29, 1.82) is 0 Å². The molecular weight excluding hydrogens is 366 g/mol. The Kier molecular flexibility index (Phi) is 6.02. The summed E-state index contributed by atoms with van der Waals surface area (Å²) in [6.45, 7) is 3.41. The summed E-state index contributed by atoms with van der Waals surface area (Å²) in [7, 11) is -0.869. The van der Waals surface area contributed by atoms with E-state index in [9.17, 15) is 18.0 Å². The van der Waals surface area contributed by atoms with Crippen molar-refractivity contribution in [3.8, 4) is 0 Å². The van der Waals surface area contributed by atoms with E-state index in [1.54, 1.807) is 50.2 Å². The third-order valence-electron chi connectivity index (χ3n) is 4.33. The van der Waals surface area contributed by atoms with Gasteiger partial charge < -0.3 is 11.1 Å². The maximum Gasteiger partial charge on any atom is 0.252 e. The number of amides is 2. The monoisotopic (exact) mass is 389 g/mol. The Bertz CT molecular complexity index is 970. The van der Waals surface area contributed by atoms with E-state index in [-0.39, 0.29) is 10.5 Å². The van der Waals surface area contributed by atoms with Gasteiger partial charge in [-0.25, -0.2) is 12.7 Å². The summed E-state index contributed by atoms with van der Waals surface area (Å²) in [6.07, 6.45) is 0. The number of carbonyl (C=O) groups excluding carboxylic acids is 2. The van der Waals surface area contributed by atoms with E-state index in [0.29, 0.717) is 16.7 Å². The van der Waals surface area contributed by atoms with Crippen molar-refractivity contribution in [3.63, 3.8) is 0 Å². The van der Waals surface area contributed by atoms with Crippen molar-refractivity contribution in [2.24, 2.45) is 5.73 Å². The number of hydrogen-bond donors (Lipinski definition) is 2. The van der Waals surface area contributed by atoms with Gasteiger partial charge in [-0.05, 0) is 42.7 Å². The Morgan fingerprint density at radius 2 is 1.67 bits per heavy atom. The maximum absolute atomic E-state index is 12.7. The average Bonchev–Trinajstić information content (AvgIpc) is 2.61. The van der Waals surface area contributed by atoms with Crippen LogP contribution in [0.25, 0.3) is 0 Å². The summed E-state index contributed by atoms with van der Waals surface area (Å²) >= 11 is 0. The first-order valence-electron chi connectivity index (χ1n) is 8.24. The number of rotatable bonds is 6. The second kappa shape index (κ2) is 7.89. The molecule has 0 saturated carbocycles. The molecule has 0 spiro atoms. The van der Waals surface area contributed by atoms with Gasteiger partial charge >= 0.3 is 0 Å². The summed E-state index contributed by atoms with van der Waals surface area (Å²) in [5.41, 5.74) is 7.33. The molecule has 0 saturated heterocycles. The first kappa shape index (κ1) is 20.6. The van der Waals surface area contributed by atoms with Crippen LogP contribution in [-0.4, -0.2) is 38.6 Å². The van der Waals surface area contributed by atoms with Crippen LogP contribution in [-0.2, 0) is 14.8 Å². The molecule has 0 aromatic heterocycles. The van der Waals surface area contributed by atoms with Crippen molar-refractivity contribution < 1.29 is 18.0 Å². The minimum atomic E-state index is -3.72. The molecule has 0 aliphatic carbocycles. The van der Waals surface area contributed by atoms with Crippen molar-refractivity contribution in [2.45, 2.75) is 24.8 Å². The van der Waals surface area contributed by atoms with E-state index >= 15 is 0 Å². The molecule has 0 bridgehead atoms. The lowest BCUT2D eigenvalue weighted by molar-refractivity contribution is -0.120. The van der Waals surface area contributed by atoms with Crippen LogP contribution >= 0.6 is 0 Å². The third kappa shape index (κ3) is 4.35. The molecule has 2 amide bonds. The van der Waals surface area contributed by atoms with E-state index in [1.807, 2.05) is 0 Å². The predicted molar refractivity (Wildman–Crippen MR) is 103 cm³/mol. The van der Waals surface area contributed by atoms with E-state index < -0.39 is 27.9 Å². The zero-order chi connectivity index (χ0) is 20.4. The van der Waals surface area contributed by atoms with Gasteiger partial charge in [0.15, 0.2) is 0 Å². The third-order valence-corrected chi connectivity index (χ3v) is 6.27. The number of nitrogens with zero attached hydrogens (tertiary/aromatic N) is 1. The number of nitrogens with one attached hydrogen (secondary N) is 1. The molecule has 0 heterocycles. The van der Waals surface area contributed by atoms with Gasteiger partial charge in [0.25, 0.3) is 5.91 Å². The van der Waals surface area contributed by atoms with E-state index in [2.05, 4.69) is 5.32 Å². The van der Waals surface area contributed by atoms with Gasteiger partial charge in [-0.15, -0.1) is 0 Å². The zero-order valence-corrected chi connectivity index (χ0v) is 16.5. The fraction of sp³-hybridized carbons (Fsp3) is 0.263. The Morgan fingerprint density at radius 3 is 2.19 bits per heavy atom. The number of sulfonamides is 1. The van der Waals surface area contributed by atoms with Crippen LogP contribution in [0.3, 0.4) is 0 Å². The molecule has 0 aliphatic heterocycles. The van der Waals surface area contributed by atoms with Crippen LogP contribution in [0.15, 0.2) is 47.4 Å². The maximum atomic E-state index is 12.7. The summed E-state index contributed by atoms with van der Waals surface area (Å²) in [5.74, 6) is -1.29. The highest BCUT2D eigenvalue weighted by Gasteiger charge is 2.25. The minimum absolute atomic E-state index is 0.0491. The molecule has 144 valence electrons. The summed E-state index contributed by atoms with van der Waals surface area (Å²) in [6, 6.07) is 10.5.